The third-order valence-electron chi connectivity index (χ3n) is 3.63. The van der Waals surface area contributed by atoms with E-state index >= 15 is 0 Å². The molecule has 2 rings (SSSR count). The number of amides is 1. The van der Waals surface area contributed by atoms with Gasteiger partial charge in [0.05, 0.1) is 12.1 Å². The number of aryl methyl sites for hydroxylation is 1. The number of hydrazine groups is 1. The van der Waals surface area contributed by atoms with E-state index < -0.39 is 0 Å². The zero-order valence-electron chi connectivity index (χ0n) is 11.2. The number of hydrogen-bond donors (Lipinski definition) is 3. The quantitative estimate of drug-likeness (QED) is 0.408. The number of nitrogen functional groups attached to an aromatic ring is 1. The van der Waals surface area contributed by atoms with Crippen molar-refractivity contribution in [1.29, 1.82) is 0 Å². The van der Waals surface area contributed by atoms with Crippen LogP contribution in [-0.4, -0.2) is 35.6 Å². The number of hydrogen-bond acceptors (Lipinski definition) is 5. The van der Waals surface area contributed by atoms with Crippen LogP contribution >= 0.6 is 0 Å². The van der Waals surface area contributed by atoms with Gasteiger partial charge in [-0.2, -0.15) is 0 Å². The topological polar surface area (TPSA) is 91.7 Å². The van der Waals surface area contributed by atoms with Gasteiger partial charge in [0.15, 0.2) is 0 Å². The highest BCUT2D eigenvalue weighted by molar-refractivity contribution is 5.94. The van der Waals surface area contributed by atoms with Crippen LogP contribution in [0.5, 0.6) is 0 Å². The summed E-state index contributed by atoms with van der Waals surface area (Å²) >= 11 is 0. The van der Waals surface area contributed by atoms with Gasteiger partial charge in [0.1, 0.15) is 11.5 Å². The molecule has 4 N–H and O–H groups in total. The van der Waals surface area contributed by atoms with E-state index in [9.17, 15) is 4.79 Å². The molecule has 1 saturated heterocycles. The minimum Gasteiger partial charge on any atom is -0.464 e. The van der Waals surface area contributed by atoms with Crippen molar-refractivity contribution >= 4 is 5.91 Å². The fraction of sp³-hybridized carbons (Fsp3) is 0.615. The number of carbonyl (C=O) groups excluding carboxylic acids is 1. The fourth-order valence-electron chi connectivity index (χ4n) is 2.62. The standard InChI is InChI=1S/C13H21N3O3/c1-9-12(13(18)15-14)6-11(19-9)8-16-4-2-10(7-16)3-5-17/h6,10,17H,2-5,7-8,14H2,1H3,(H,15,18). The Morgan fingerprint density at radius 2 is 2.47 bits per heavy atom. The van der Waals surface area contributed by atoms with Crippen LogP contribution in [0.15, 0.2) is 10.5 Å². The normalized spacial score (nSPS) is 19.8. The number of aliphatic hydroxyl groups is 1. The first-order valence-corrected chi connectivity index (χ1v) is 6.57. The van der Waals surface area contributed by atoms with E-state index in [-0.39, 0.29) is 12.5 Å². The number of nitrogens with zero attached hydrogens (tertiary/aromatic N) is 1. The van der Waals surface area contributed by atoms with E-state index in [0.717, 1.165) is 31.7 Å². The molecule has 1 amide bonds. The lowest BCUT2D eigenvalue weighted by Gasteiger charge is -2.13. The molecule has 1 unspecified atom stereocenters. The average molecular weight is 267 g/mol. The molecule has 1 aliphatic rings. The highest BCUT2D eigenvalue weighted by Gasteiger charge is 2.23. The first-order valence-electron chi connectivity index (χ1n) is 6.57. The van der Waals surface area contributed by atoms with Crippen LogP contribution in [0.25, 0.3) is 0 Å². The maximum Gasteiger partial charge on any atom is 0.268 e. The van der Waals surface area contributed by atoms with Gasteiger partial charge in [-0.05, 0) is 38.3 Å². The third-order valence-corrected chi connectivity index (χ3v) is 3.63. The number of carbonyl (C=O) groups is 1. The Hall–Kier alpha value is -1.37. The second-order valence-electron chi connectivity index (χ2n) is 5.06. The third kappa shape index (κ3) is 3.34. The molecule has 1 atom stereocenters. The molecule has 1 aliphatic heterocycles. The monoisotopic (exact) mass is 267 g/mol. The van der Waals surface area contributed by atoms with Crippen molar-refractivity contribution in [2.45, 2.75) is 26.3 Å². The van der Waals surface area contributed by atoms with Crippen LogP contribution in [0, 0.1) is 12.8 Å². The molecular weight excluding hydrogens is 246 g/mol. The highest BCUT2D eigenvalue weighted by atomic mass is 16.3. The smallest absolute Gasteiger partial charge is 0.268 e. The average Bonchev–Trinajstić information content (AvgIpc) is 2.96. The summed E-state index contributed by atoms with van der Waals surface area (Å²) in [6.45, 7) is 4.67. The second kappa shape index (κ2) is 6.18. The minimum absolute atomic E-state index is 0.249. The van der Waals surface area contributed by atoms with Gasteiger partial charge in [-0.1, -0.05) is 0 Å². The van der Waals surface area contributed by atoms with Crippen molar-refractivity contribution in [1.82, 2.24) is 10.3 Å². The van der Waals surface area contributed by atoms with Crippen LogP contribution in [0.3, 0.4) is 0 Å². The van der Waals surface area contributed by atoms with Crippen molar-refractivity contribution in [3.05, 3.63) is 23.2 Å². The maximum absolute atomic E-state index is 11.5. The zero-order valence-corrected chi connectivity index (χ0v) is 11.2. The summed E-state index contributed by atoms with van der Waals surface area (Å²) in [6, 6.07) is 1.75. The molecule has 106 valence electrons. The van der Waals surface area contributed by atoms with Gasteiger partial charge in [0, 0.05) is 13.2 Å². The lowest BCUT2D eigenvalue weighted by molar-refractivity contribution is 0.0952. The van der Waals surface area contributed by atoms with E-state index in [2.05, 4.69) is 10.3 Å². The zero-order chi connectivity index (χ0) is 13.8. The van der Waals surface area contributed by atoms with Crippen molar-refractivity contribution < 1.29 is 14.3 Å². The molecule has 0 bridgehead atoms. The molecule has 0 saturated carbocycles. The van der Waals surface area contributed by atoms with E-state index in [1.165, 1.54) is 0 Å². The summed E-state index contributed by atoms with van der Waals surface area (Å²) < 4.78 is 5.59. The molecule has 6 nitrogen and oxygen atoms in total. The van der Waals surface area contributed by atoms with Crippen LogP contribution < -0.4 is 11.3 Å². The molecule has 0 spiro atoms. The summed E-state index contributed by atoms with van der Waals surface area (Å²) in [5.41, 5.74) is 2.60. The summed E-state index contributed by atoms with van der Waals surface area (Å²) in [6.07, 6.45) is 1.96. The number of furan rings is 1. The predicted molar refractivity (Wildman–Crippen MR) is 70.2 cm³/mol. The number of likely N-dealkylation sites (tertiary alicyclic amines) is 1. The molecule has 0 aliphatic carbocycles. The first-order chi connectivity index (χ1) is 9.13. The number of nitrogens with two attached hydrogens (primary N) is 1. The number of nitrogens with one attached hydrogen (secondary N) is 1. The molecular formula is C13H21N3O3. The minimum atomic E-state index is -0.327. The molecule has 0 radical (unpaired) electrons. The summed E-state index contributed by atoms with van der Waals surface area (Å²) in [5, 5.41) is 8.94. The molecule has 0 aromatic carbocycles. The Bertz CT molecular complexity index is 444. The van der Waals surface area contributed by atoms with E-state index in [1.807, 2.05) is 0 Å². The lowest BCUT2D eigenvalue weighted by Crippen LogP contribution is -2.30. The Morgan fingerprint density at radius 1 is 1.68 bits per heavy atom. The molecule has 19 heavy (non-hydrogen) atoms. The highest BCUT2D eigenvalue weighted by Crippen LogP contribution is 2.23. The Kier molecular flexibility index (Phi) is 4.57. The Balaban J connectivity index is 1.95. The van der Waals surface area contributed by atoms with Gasteiger partial charge >= 0.3 is 0 Å². The summed E-state index contributed by atoms with van der Waals surface area (Å²) in [5.74, 6) is 6.72. The number of rotatable bonds is 5. The lowest BCUT2D eigenvalue weighted by atomic mass is 10.1. The van der Waals surface area contributed by atoms with E-state index in [0.29, 0.717) is 23.8 Å². The molecule has 2 heterocycles. The van der Waals surface area contributed by atoms with Gasteiger partial charge < -0.3 is 9.52 Å². The molecule has 1 fully saturated rings. The Labute approximate surface area is 112 Å². The molecule has 1 aromatic rings. The first kappa shape index (κ1) is 14.0. The van der Waals surface area contributed by atoms with Crippen molar-refractivity contribution in [2.75, 3.05) is 19.7 Å². The van der Waals surface area contributed by atoms with Crippen LogP contribution in [0.4, 0.5) is 0 Å². The SMILES string of the molecule is Cc1oc(CN2CCC(CCO)C2)cc1C(=O)NN. The van der Waals surface area contributed by atoms with Gasteiger partial charge in [-0.3, -0.25) is 15.1 Å². The summed E-state index contributed by atoms with van der Waals surface area (Å²) in [7, 11) is 0. The predicted octanol–water partition coefficient (Wildman–Crippen LogP) is 0.396. The van der Waals surface area contributed by atoms with Crippen LogP contribution in [-0.2, 0) is 6.54 Å². The van der Waals surface area contributed by atoms with E-state index in [1.54, 1.807) is 13.0 Å². The van der Waals surface area contributed by atoms with Gasteiger partial charge in [-0.25, -0.2) is 5.84 Å². The second-order valence-corrected chi connectivity index (χ2v) is 5.06. The number of aliphatic hydroxyl groups excluding tert-OH is 1. The van der Waals surface area contributed by atoms with E-state index in [4.69, 9.17) is 15.4 Å². The Morgan fingerprint density at radius 3 is 3.16 bits per heavy atom. The van der Waals surface area contributed by atoms with Crippen LogP contribution in [0.2, 0.25) is 0 Å². The van der Waals surface area contributed by atoms with Gasteiger partial charge in [-0.15, -0.1) is 0 Å². The van der Waals surface area contributed by atoms with Gasteiger partial charge in [0.2, 0.25) is 0 Å². The summed E-state index contributed by atoms with van der Waals surface area (Å²) in [4.78, 5) is 13.8. The van der Waals surface area contributed by atoms with Crippen molar-refractivity contribution in [3.8, 4) is 0 Å². The van der Waals surface area contributed by atoms with Gasteiger partial charge in [0.25, 0.3) is 5.91 Å². The van der Waals surface area contributed by atoms with Crippen molar-refractivity contribution in [2.24, 2.45) is 11.8 Å². The van der Waals surface area contributed by atoms with Crippen LogP contribution in [0.1, 0.15) is 34.7 Å². The molecule has 1 aromatic heterocycles. The maximum atomic E-state index is 11.5. The largest absolute Gasteiger partial charge is 0.464 e. The fourth-order valence-corrected chi connectivity index (χ4v) is 2.62. The molecule has 6 heteroatoms. The van der Waals surface area contributed by atoms with Crippen molar-refractivity contribution in [3.63, 3.8) is 0 Å².